The Bertz CT molecular complexity index is 1240. The van der Waals surface area contributed by atoms with Gasteiger partial charge in [0.1, 0.15) is 28.5 Å². The molecule has 0 fully saturated rings. The van der Waals surface area contributed by atoms with Crippen molar-refractivity contribution < 1.29 is 14.3 Å². The maximum absolute atomic E-state index is 13.0. The fourth-order valence-corrected chi connectivity index (χ4v) is 5.85. The number of fused-ring (bicyclic) bond motifs is 1. The van der Waals surface area contributed by atoms with Gasteiger partial charge in [-0.25, -0.2) is 9.78 Å². The summed E-state index contributed by atoms with van der Waals surface area (Å²) in [7, 11) is 0. The van der Waals surface area contributed by atoms with Crippen molar-refractivity contribution in [1.29, 1.82) is 10.5 Å². The number of carbonyl (C=O) groups excluding carboxylic acids is 1. The van der Waals surface area contributed by atoms with Crippen molar-refractivity contribution in [3.63, 3.8) is 0 Å². The summed E-state index contributed by atoms with van der Waals surface area (Å²) in [5.41, 5.74) is 10.0. The molecule has 174 valence electrons. The minimum atomic E-state index is -0.671. The minimum absolute atomic E-state index is 0.0299. The third-order valence-electron chi connectivity index (χ3n) is 5.84. The molecule has 7 nitrogen and oxygen atoms in total. The van der Waals surface area contributed by atoms with Gasteiger partial charge >= 0.3 is 5.97 Å². The second-order valence-electron chi connectivity index (χ2n) is 7.95. The molecule has 0 saturated carbocycles. The van der Waals surface area contributed by atoms with Gasteiger partial charge in [-0.3, -0.25) is 0 Å². The normalized spacial score (nSPS) is 17.8. The molecule has 2 N–H and O–H groups in total. The average Bonchev–Trinajstić information content (AvgIpc) is 3.27. The van der Waals surface area contributed by atoms with Crippen LogP contribution in [0, 0.1) is 22.7 Å². The van der Waals surface area contributed by atoms with Crippen LogP contribution in [0.5, 0.6) is 0 Å². The summed E-state index contributed by atoms with van der Waals surface area (Å²) < 4.78 is 11.1. The lowest BCUT2D eigenvalue weighted by atomic mass is 9.84. The van der Waals surface area contributed by atoms with Crippen molar-refractivity contribution in [1.82, 2.24) is 4.98 Å². The van der Waals surface area contributed by atoms with Gasteiger partial charge in [0.2, 0.25) is 5.88 Å². The first-order chi connectivity index (χ1) is 16.6. The topological polar surface area (TPSA) is 122 Å². The maximum atomic E-state index is 13.0. The zero-order valence-corrected chi connectivity index (χ0v) is 20.4. The van der Waals surface area contributed by atoms with E-state index in [0.717, 1.165) is 48.9 Å². The Labute approximate surface area is 206 Å². The molecular formula is C25H24N4O3S2. The molecule has 1 aliphatic carbocycles. The van der Waals surface area contributed by atoms with E-state index in [2.05, 4.69) is 12.1 Å². The van der Waals surface area contributed by atoms with Gasteiger partial charge in [-0.2, -0.15) is 21.9 Å². The Morgan fingerprint density at radius 1 is 1.32 bits per heavy atom. The van der Waals surface area contributed by atoms with Crippen molar-refractivity contribution in [2.24, 2.45) is 5.73 Å². The van der Waals surface area contributed by atoms with Crippen molar-refractivity contribution in [2.75, 3.05) is 12.4 Å². The number of esters is 1. The van der Waals surface area contributed by atoms with Crippen molar-refractivity contribution in [3.8, 4) is 12.1 Å². The fraction of sp³-hybridized carbons (Fsp3) is 0.360. The van der Waals surface area contributed by atoms with E-state index < -0.39 is 11.9 Å². The summed E-state index contributed by atoms with van der Waals surface area (Å²) in [4.78, 5) is 17.8. The number of thiophene rings is 1. The summed E-state index contributed by atoms with van der Waals surface area (Å²) in [5, 5.41) is 23.9. The monoisotopic (exact) mass is 492 g/mol. The van der Waals surface area contributed by atoms with E-state index in [1.54, 1.807) is 6.92 Å². The standard InChI is InChI=1S/C25H24N4O3S2/c1-2-31-25(30)22-20(32-23(28)18(12-27)21(22)16-8-9-33-13-16)14-34-24-17(11-26)10-15-6-4-3-5-7-19(15)29-24/h8-10,13,21H,2-7,14,28H2,1H3/t21-/m1/s1. The highest BCUT2D eigenvalue weighted by Gasteiger charge is 2.38. The predicted molar refractivity (Wildman–Crippen MR) is 130 cm³/mol. The molecule has 2 aliphatic rings. The van der Waals surface area contributed by atoms with E-state index in [-0.39, 0.29) is 29.4 Å². The zero-order valence-electron chi connectivity index (χ0n) is 18.8. The molecule has 2 aromatic heterocycles. The first-order valence-corrected chi connectivity index (χ1v) is 13.1. The number of pyridine rings is 1. The molecule has 0 bridgehead atoms. The van der Waals surface area contributed by atoms with E-state index in [1.807, 2.05) is 22.9 Å². The Morgan fingerprint density at radius 2 is 2.15 bits per heavy atom. The summed E-state index contributed by atoms with van der Waals surface area (Å²) in [6.45, 7) is 1.91. The third kappa shape index (κ3) is 4.82. The second kappa shape index (κ2) is 10.8. The molecule has 9 heteroatoms. The molecule has 0 spiro atoms. The van der Waals surface area contributed by atoms with E-state index in [0.29, 0.717) is 16.3 Å². The second-order valence-corrected chi connectivity index (χ2v) is 9.69. The number of aromatic nitrogens is 1. The number of nitrogens with zero attached hydrogens (tertiary/aromatic N) is 3. The highest BCUT2D eigenvalue weighted by Crippen LogP contribution is 2.42. The van der Waals surface area contributed by atoms with Gasteiger partial charge in [-0.1, -0.05) is 18.2 Å². The van der Waals surface area contributed by atoms with Gasteiger partial charge in [0, 0.05) is 5.69 Å². The number of carbonyl (C=O) groups is 1. The molecule has 34 heavy (non-hydrogen) atoms. The van der Waals surface area contributed by atoms with Crippen molar-refractivity contribution in [2.45, 2.75) is 50.0 Å². The molecule has 0 unspecified atom stereocenters. The number of aryl methyl sites for hydroxylation is 2. The minimum Gasteiger partial charge on any atom is -0.463 e. The van der Waals surface area contributed by atoms with Crippen LogP contribution in [-0.2, 0) is 27.1 Å². The zero-order chi connectivity index (χ0) is 24.1. The molecule has 4 rings (SSSR count). The van der Waals surface area contributed by atoms with Crippen LogP contribution in [-0.4, -0.2) is 23.3 Å². The molecule has 1 atom stereocenters. The van der Waals surface area contributed by atoms with Crippen molar-refractivity contribution in [3.05, 3.63) is 68.1 Å². The SMILES string of the molecule is CCOC(=O)C1=C(CSc2nc3c(cc2C#N)CCCCC3)OC(N)=C(C#N)[C@H]1c1ccsc1. The number of hydrogen-bond donors (Lipinski definition) is 1. The van der Waals surface area contributed by atoms with Crippen LogP contribution >= 0.6 is 23.1 Å². The smallest absolute Gasteiger partial charge is 0.338 e. The van der Waals surface area contributed by atoms with Crippen LogP contribution in [0.2, 0.25) is 0 Å². The van der Waals surface area contributed by atoms with Crippen LogP contribution < -0.4 is 5.73 Å². The van der Waals surface area contributed by atoms with Gasteiger partial charge in [0.15, 0.2) is 0 Å². The van der Waals surface area contributed by atoms with Crippen LogP contribution in [0.15, 0.2) is 50.7 Å². The van der Waals surface area contributed by atoms with Crippen LogP contribution in [0.4, 0.5) is 0 Å². The van der Waals surface area contributed by atoms with E-state index in [1.165, 1.54) is 23.1 Å². The van der Waals surface area contributed by atoms with Gasteiger partial charge in [-0.15, -0.1) is 0 Å². The first-order valence-electron chi connectivity index (χ1n) is 11.1. The average molecular weight is 493 g/mol. The van der Waals surface area contributed by atoms with Crippen LogP contribution in [0.25, 0.3) is 0 Å². The summed E-state index contributed by atoms with van der Waals surface area (Å²) in [6, 6.07) is 8.16. The van der Waals surface area contributed by atoms with Gasteiger partial charge in [-0.05, 0) is 66.6 Å². The molecule has 0 amide bonds. The van der Waals surface area contributed by atoms with Crippen LogP contribution in [0.1, 0.15) is 54.5 Å². The number of nitrogens with two attached hydrogens (primary N) is 1. The molecule has 0 radical (unpaired) electrons. The quantitative estimate of drug-likeness (QED) is 0.350. The fourth-order valence-electron chi connectivity index (χ4n) is 4.25. The maximum Gasteiger partial charge on any atom is 0.338 e. The molecule has 1 aliphatic heterocycles. The lowest BCUT2D eigenvalue weighted by Gasteiger charge is -2.27. The lowest BCUT2D eigenvalue weighted by molar-refractivity contribution is -0.139. The number of rotatable bonds is 6. The Balaban J connectivity index is 1.72. The Hall–Kier alpha value is -3.27. The van der Waals surface area contributed by atoms with Crippen LogP contribution in [0.3, 0.4) is 0 Å². The predicted octanol–water partition coefficient (Wildman–Crippen LogP) is 4.70. The van der Waals surface area contributed by atoms with E-state index in [4.69, 9.17) is 20.2 Å². The van der Waals surface area contributed by atoms with Gasteiger partial charge < -0.3 is 15.2 Å². The highest BCUT2D eigenvalue weighted by atomic mass is 32.2. The van der Waals surface area contributed by atoms with Gasteiger partial charge in [0.05, 0.1) is 29.4 Å². The molecule has 3 heterocycles. The third-order valence-corrected chi connectivity index (χ3v) is 7.54. The lowest BCUT2D eigenvalue weighted by Crippen LogP contribution is -2.26. The largest absolute Gasteiger partial charge is 0.463 e. The first kappa shape index (κ1) is 23.9. The number of ether oxygens (including phenoxy) is 2. The van der Waals surface area contributed by atoms with E-state index in [9.17, 15) is 15.3 Å². The van der Waals surface area contributed by atoms with E-state index >= 15 is 0 Å². The summed E-state index contributed by atoms with van der Waals surface area (Å²) in [6.07, 6.45) is 5.17. The molecular weight excluding hydrogens is 468 g/mol. The Kier molecular flexibility index (Phi) is 7.56. The molecule has 2 aromatic rings. The van der Waals surface area contributed by atoms with Crippen molar-refractivity contribution >= 4 is 29.1 Å². The number of nitriles is 2. The highest BCUT2D eigenvalue weighted by molar-refractivity contribution is 7.99. The van der Waals surface area contributed by atoms with Gasteiger partial charge in [0.25, 0.3) is 0 Å². The number of thioether (sulfide) groups is 1. The number of hydrogen-bond acceptors (Lipinski definition) is 9. The molecule has 0 aromatic carbocycles. The number of allylic oxidation sites excluding steroid dienone is 1. The summed E-state index contributed by atoms with van der Waals surface area (Å²) in [5.74, 6) is -0.719. The molecule has 0 saturated heterocycles. The Morgan fingerprint density at radius 3 is 2.85 bits per heavy atom. The summed E-state index contributed by atoms with van der Waals surface area (Å²) >= 11 is 2.79.